The fourth-order valence-electron chi connectivity index (χ4n) is 1.39. The van der Waals surface area contributed by atoms with Gasteiger partial charge in [0.05, 0.1) is 19.0 Å². The molecule has 1 heterocycles. The lowest BCUT2D eigenvalue weighted by atomic mass is 10.2. The smallest absolute Gasteiger partial charge is 0.434 e. The number of carbonyl (C=O) groups is 1. The number of anilines is 1. The molecule has 0 bridgehead atoms. The maximum atomic E-state index is 12.4. The van der Waals surface area contributed by atoms with Crippen molar-refractivity contribution in [1.82, 2.24) is 9.97 Å². The van der Waals surface area contributed by atoms with Crippen molar-refractivity contribution in [1.29, 1.82) is 0 Å². The quantitative estimate of drug-likeness (QED) is 0.815. The zero-order valence-electron chi connectivity index (χ0n) is 11.1. The molecule has 116 valence electrons. The van der Waals surface area contributed by atoms with Gasteiger partial charge in [-0.15, -0.1) is 0 Å². The first-order valence-electron chi connectivity index (χ1n) is 5.89. The predicted octanol–water partition coefficient (Wildman–Crippen LogP) is 2.98. The molecule has 1 aromatic rings. The third kappa shape index (κ3) is 5.58. The van der Waals surface area contributed by atoms with Crippen molar-refractivity contribution in [3.05, 3.63) is 29.7 Å². The van der Waals surface area contributed by atoms with Crippen LogP contribution in [0.25, 0.3) is 0 Å². The molecule has 1 aromatic heterocycles. The predicted molar refractivity (Wildman–Crippen MR) is 70.7 cm³/mol. The molecule has 0 spiro atoms. The number of nitrogens with one attached hydrogen (secondary N) is 1. The standard InChI is InChI=1S/C12H13ClF3N3O2/c1-3-21-11(20)8(4-7(2)13)19-10-6-17-9(5-18-10)12(14,15)16/h5-6,8H,2-4H2,1H3,(H,18,19). The van der Waals surface area contributed by atoms with E-state index in [-0.39, 0.29) is 23.9 Å². The number of carbonyl (C=O) groups excluding carboxylic acids is 1. The van der Waals surface area contributed by atoms with E-state index in [4.69, 9.17) is 16.3 Å². The second-order valence-electron chi connectivity index (χ2n) is 3.95. The summed E-state index contributed by atoms with van der Waals surface area (Å²) >= 11 is 5.64. The molecule has 0 aliphatic heterocycles. The van der Waals surface area contributed by atoms with Gasteiger partial charge < -0.3 is 10.1 Å². The summed E-state index contributed by atoms with van der Waals surface area (Å²) in [6.07, 6.45) is -3.08. The van der Waals surface area contributed by atoms with Crippen LogP contribution in [0.1, 0.15) is 19.0 Å². The molecule has 1 rings (SSSR count). The van der Waals surface area contributed by atoms with Crippen molar-refractivity contribution >= 4 is 23.4 Å². The Labute approximate surface area is 124 Å². The lowest BCUT2D eigenvalue weighted by Crippen LogP contribution is -2.32. The summed E-state index contributed by atoms with van der Waals surface area (Å²) in [6, 6.07) is -0.902. The van der Waals surface area contributed by atoms with E-state index in [9.17, 15) is 18.0 Å². The molecule has 0 saturated carbocycles. The van der Waals surface area contributed by atoms with Gasteiger partial charge in [0, 0.05) is 11.5 Å². The van der Waals surface area contributed by atoms with Crippen LogP contribution in [0.3, 0.4) is 0 Å². The van der Waals surface area contributed by atoms with Crippen LogP contribution in [-0.2, 0) is 15.7 Å². The van der Waals surface area contributed by atoms with Gasteiger partial charge in [0.2, 0.25) is 0 Å². The van der Waals surface area contributed by atoms with Gasteiger partial charge in [0.1, 0.15) is 11.9 Å². The van der Waals surface area contributed by atoms with E-state index in [0.717, 1.165) is 6.20 Å². The number of nitrogens with zero attached hydrogens (tertiary/aromatic N) is 2. The van der Waals surface area contributed by atoms with Crippen LogP contribution in [0, 0.1) is 0 Å². The highest BCUT2D eigenvalue weighted by atomic mass is 35.5. The number of alkyl halides is 3. The minimum Gasteiger partial charge on any atom is -0.464 e. The summed E-state index contributed by atoms with van der Waals surface area (Å²) in [5.74, 6) is -0.611. The number of esters is 1. The van der Waals surface area contributed by atoms with Crippen molar-refractivity contribution in [2.75, 3.05) is 11.9 Å². The third-order valence-corrected chi connectivity index (χ3v) is 2.42. The van der Waals surface area contributed by atoms with Crippen LogP contribution < -0.4 is 5.32 Å². The Morgan fingerprint density at radius 1 is 1.48 bits per heavy atom. The van der Waals surface area contributed by atoms with E-state index in [0.29, 0.717) is 6.20 Å². The molecule has 1 N–H and O–H groups in total. The molecule has 0 aliphatic carbocycles. The number of hydrogen-bond acceptors (Lipinski definition) is 5. The average molecular weight is 324 g/mol. The molecule has 1 atom stereocenters. The second-order valence-corrected chi connectivity index (χ2v) is 4.49. The minimum absolute atomic E-state index is 0.000954. The number of aromatic nitrogens is 2. The van der Waals surface area contributed by atoms with Crippen LogP contribution >= 0.6 is 11.6 Å². The molecule has 0 amide bonds. The highest BCUT2D eigenvalue weighted by Crippen LogP contribution is 2.27. The van der Waals surface area contributed by atoms with Gasteiger partial charge in [-0.3, -0.25) is 0 Å². The van der Waals surface area contributed by atoms with Gasteiger partial charge in [-0.05, 0) is 6.92 Å². The Morgan fingerprint density at radius 3 is 2.57 bits per heavy atom. The largest absolute Gasteiger partial charge is 0.464 e. The van der Waals surface area contributed by atoms with E-state index < -0.39 is 23.9 Å². The lowest BCUT2D eigenvalue weighted by Gasteiger charge is -2.17. The van der Waals surface area contributed by atoms with Crippen LogP contribution in [0.15, 0.2) is 24.0 Å². The van der Waals surface area contributed by atoms with E-state index in [2.05, 4.69) is 21.9 Å². The molecular formula is C12H13ClF3N3O2. The summed E-state index contributed by atoms with van der Waals surface area (Å²) in [7, 11) is 0. The van der Waals surface area contributed by atoms with Crippen molar-refractivity contribution in [3.63, 3.8) is 0 Å². The number of rotatable bonds is 6. The molecule has 0 fully saturated rings. The molecule has 0 aromatic carbocycles. The number of halogens is 4. The first-order chi connectivity index (χ1) is 9.74. The summed E-state index contributed by atoms with van der Waals surface area (Å²) in [6.45, 7) is 5.24. The Bertz CT molecular complexity index is 505. The Hall–Kier alpha value is -1.83. The van der Waals surface area contributed by atoms with Gasteiger partial charge in [-0.25, -0.2) is 14.8 Å². The summed E-state index contributed by atoms with van der Waals surface area (Å²) < 4.78 is 41.9. The zero-order chi connectivity index (χ0) is 16.0. The molecule has 0 saturated heterocycles. The van der Waals surface area contributed by atoms with Gasteiger partial charge >= 0.3 is 12.1 Å². The molecule has 9 heteroatoms. The van der Waals surface area contributed by atoms with E-state index in [1.54, 1.807) is 6.92 Å². The zero-order valence-corrected chi connectivity index (χ0v) is 11.8. The summed E-state index contributed by atoms with van der Waals surface area (Å²) in [5.41, 5.74) is -1.12. The fourth-order valence-corrected chi connectivity index (χ4v) is 1.54. The molecule has 0 radical (unpaired) electrons. The number of ether oxygens (including phenoxy) is 1. The molecule has 5 nitrogen and oxygen atoms in total. The molecular weight excluding hydrogens is 311 g/mol. The van der Waals surface area contributed by atoms with Crippen molar-refractivity contribution in [3.8, 4) is 0 Å². The first kappa shape index (κ1) is 17.2. The van der Waals surface area contributed by atoms with Crippen molar-refractivity contribution < 1.29 is 22.7 Å². The maximum Gasteiger partial charge on any atom is 0.434 e. The van der Waals surface area contributed by atoms with Gasteiger partial charge in [-0.1, -0.05) is 18.2 Å². The second kappa shape index (κ2) is 7.26. The van der Waals surface area contributed by atoms with E-state index in [1.165, 1.54) is 0 Å². The van der Waals surface area contributed by atoms with Crippen LogP contribution in [0.4, 0.5) is 19.0 Å². The Morgan fingerprint density at radius 2 is 2.14 bits per heavy atom. The highest BCUT2D eigenvalue weighted by molar-refractivity contribution is 6.29. The molecule has 21 heavy (non-hydrogen) atoms. The first-order valence-corrected chi connectivity index (χ1v) is 6.27. The SMILES string of the molecule is C=C(Cl)CC(Nc1cnc(C(F)(F)F)cn1)C(=O)OCC. The summed E-state index contributed by atoms with van der Waals surface area (Å²) in [5, 5.41) is 2.81. The van der Waals surface area contributed by atoms with Crippen LogP contribution in [0.2, 0.25) is 0 Å². The normalized spacial score (nSPS) is 12.6. The van der Waals surface area contributed by atoms with Crippen molar-refractivity contribution in [2.24, 2.45) is 0 Å². The van der Waals surface area contributed by atoms with E-state index >= 15 is 0 Å². The van der Waals surface area contributed by atoms with Gasteiger partial charge in [0.15, 0.2) is 5.69 Å². The molecule has 0 aliphatic rings. The minimum atomic E-state index is -4.57. The lowest BCUT2D eigenvalue weighted by molar-refractivity contribution is -0.144. The Kier molecular flexibility index (Phi) is 5.95. The van der Waals surface area contributed by atoms with Crippen LogP contribution in [-0.4, -0.2) is 28.6 Å². The fraction of sp³-hybridized carbons (Fsp3) is 0.417. The Balaban J connectivity index is 2.83. The molecule has 1 unspecified atom stereocenters. The monoisotopic (exact) mass is 323 g/mol. The highest BCUT2D eigenvalue weighted by Gasteiger charge is 2.33. The van der Waals surface area contributed by atoms with Crippen molar-refractivity contribution in [2.45, 2.75) is 25.6 Å². The third-order valence-electron chi connectivity index (χ3n) is 2.26. The summed E-state index contributed by atoms with van der Waals surface area (Å²) in [4.78, 5) is 18.5. The topological polar surface area (TPSA) is 64.1 Å². The number of hydrogen-bond donors (Lipinski definition) is 1. The maximum absolute atomic E-state index is 12.4. The average Bonchev–Trinajstić information content (AvgIpc) is 2.37. The van der Waals surface area contributed by atoms with Gasteiger partial charge in [0.25, 0.3) is 0 Å². The van der Waals surface area contributed by atoms with Crippen LogP contribution in [0.5, 0.6) is 0 Å². The van der Waals surface area contributed by atoms with E-state index in [1.807, 2.05) is 0 Å². The van der Waals surface area contributed by atoms with Gasteiger partial charge in [-0.2, -0.15) is 13.2 Å².